The molecule has 0 spiro atoms. The lowest BCUT2D eigenvalue weighted by molar-refractivity contribution is 0.390. The first-order chi connectivity index (χ1) is 9.03. The molecular weight excluding hydrogens is 282 g/mol. The molecule has 2 bridgehead atoms. The second-order valence-electron chi connectivity index (χ2n) is 5.75. The molecule has 1 aromatic carbocycles. The molecule has 5 heteroatoms. The third-order valence-corrected chi connectivity index (χ3v) is 6.09. The van der Waals surface area contributed by atoms with E-state index in [4.69, 9.17) is 11.6 Å². The molecule has 0 unspecified atom stereocenters. The summed E-state index contributed by atoms with van der Waals surface area (Å²) >= 11 is 6.02. The maximum Gasteiger partial charge on any atom is 0.216 e. The van der Waals surface area contributed by atoms with E-state index in [1.807, 2.05) is 12.1 Å². The van der Waals surface area contributed by atoms with Crippen molar-refractivity contribution in [2.24, 2.45) is 11.8 Å². The van der Waals surface area contributed by atoms with Crippen molar-refractivity contribution in [2.45, 2.75) is 37.5 Å². The van der Waals surface area contributed by atoms with Gasteiger partial charge in [-0.2, -0.15) is 0 Å². The van der Waals surface area contributed by atoms with Crippen LogP contribution in [-0.2, 0) is 15.8 Å². The van der Waals surface area contributed by atoms with Crippen molar-refractivity contribution in [2.75, 3.05) is 0 Å². The van der Waals surface area contributed by atoms with E-state index in [0.717, 1.165) is 12.3 Å². The van der Waals surface area contributed by atoms with Gasteiger partial charge in [-0.1, -0.05) is 36.2 Å². The van der Waals surface area contributed by atoms with Gasteiger partial charge in [-0.25, -0.2) is 13.1 Å². The van der Waals surface area contributed by atoms with E-state index in [1.54, 1.807) is 12.1 Å². The third-order valence-electron chi connectivity index (χ3n) is 4.37. The van der Waals surface area contributed by atoms with Gasteiger partial charge in [0.1, 0.15) is 0 Å². The molecule has 0 amide bonds. The zero-order chi connectivity index (χ0) is 13.5. The van der Waals surface area contributed by atoms with E-state index >= 15 is 0 Å². The highest BCUT2D eigenvalue weighted by atomic mass is 35.5. The predicted molar refractivity (Wildman–Crippen MR) is 76.4 cm³/mol. The summed E-state index contributed by atoms with van der Waals surface area (Å²) in [5, 5.41) is 0.515. The Morgan fingerprint density at radius 1 is 1.21 bits per heavy atom. The smallest absolute Gasteiger partial charge is 0.212 e. The van der Waals surface area contributed by atoms with Crippen LogP contribution < -0.4 is 4.72 Å². The van der Waals surface area contributed by atoms with Gasteiger partial charge in [0.2, 0.25) is 10.0 Å². The Kier molecular flexibility index (Phi) is 3.58. The maximum atomic E-state index is 12.2. The summed E-state index contributed by atoms with van der Waals surface area (Å²) in [6.07, 6.45) is 4.64. The number of sulfonamides is 1. The molecule has 1 aromatic rings. The molecule has 3 rings (SSSR count). The van der Waals surface area contributed by atoms with Crippen molar-refractivity contribution in [3.63, 3.8) is 0 Å². The van der Waals surface area contributed by atoms with Crippen LogP contribution in [0.15, 0.2) is 24.3 Å². The number of fused-ring (bicyclic) bond motifs is 2. The summed E-state index contributed by atoms with van der Waals surface area (Å²) in [4.78, 5) is 0. The van der Waals surface area contributed by atoms with Gasteiger partial charge in [-0.15, -0.1) is 0 Å². The second kappa shape index (κ2) is 5.08. The number of rotatable bonds is 4. The van der Waals surface area contributed by atoms with Crippen molar-refractivity contribution >= 4 is 21.6 Å². The molecular formula is C14H18ClNO2S. The van der Waals surface area contributed by atoms with Gasteiger partial charge in [-0.3, -0.25) is 0 Å². The zero-order valence-electron chi connectivity index (χ0n) is 10.7. The first-order valence-corrected chi connectivity index (χ1v) is 8.80. The summed E-state index contributed by atoms with van der Waals surface area (Å²) in [5.74, 6) is 1.25. The van der Waals surface area contributed by atoms with Gasteiger partial charge in [-0.05, 0) is 42.7 Å². The number of benzene rings is 1. The van der Waals surface area contributed by atoms with Gasteiger partial charge in [0.25, 0.3) is 0 Å². The van der Waals surface area contributed by atoms with E-state index in [-0.39, 0.29) is 11.8 Å². The fourth-order valence-corrected chi connectivity index (χ4v) is 5.26. The van der Waals surface area contributed by atoms with Crippen molar-refractivity contribution in [1.29, 1.82) is 0 Å². The van der Waals surface area contributed by atoms with Crippen LogP contribution in [0.25, 0.3) is 0 Å². The normalized spacial score (nSPS) is 29.8. The molecule has 2 saturated carbocycles. The Balaban J connectivity index is 1.68. The van der Waals surface area contributed by atoms with E-state index in [0.29, 0.717) is 16.5 Å². The van der Waals surface area contributed by atoms with Crippen LogP contribution in [0, 0.1) is 11.8 Å². The van der Waals surface area contributed by atoms with E-state index in [2.05, 4.69) is 4.72 Å². The summed E-state index contributed by atoms with van der Waals surface area (Å²) in [6.45, 7) is 0. The fraction of sp³-hybridized carbons (Fsp3) is 0.571. The van der Waals surface area contributed by atoms with Crippen LogP contribution in [0.2, 0.25) is 5.02 Å². The lowest BCUT2D eigenvalue weighted by Gasteiger charge is -2.22. The summed E-state index contributed by atoms with van der Waals surface area (Å²) < 4.78 is 27.3. The summed E-state index contributed by atoms with van der Waals surface area (Å²) in [6, 6.07) is 7.26. The molecule has 0 heterocycles. The summed E-state index contributed by atoms with van der Waals surface area (Å²) in [7, 11) is -3.30. The van der Waals surface area contributed by atoms with E-state index in [1.165, 1.54) is 19.3 Å². The van der Waals surface area contributed by atoms with Crippen molar-refractivity contribution in [3.8, 4) is 0 Å². The van der Waals surface area contributed by atoms with Crippen LogP contribution in [0.1, 0.15) is 31.2 Å². The number of hydrogen-bond donors (Lipinski definition) is 1. The Labute approximate surface area is 119 Å². The molecule has 2 aliphatic carbocycles. The lowest BCUT2D eigenvalue weighted by atomic mass is 9.96. The van der Waals surface area contributed by atoms with Gasteiger partial charge < -0.3 is 0 Å². The monoisotopic (exact) mass is 299 g/mol. The average Bonchev–Trinajstić information content (AvgIpc) is 2.93. The van der Waals surface area contributed by atoms with E-state index in [9.17, 15) is 8.42 Å². The Bertz CT molecular complexity index is 573. The highest BCUT2D eigenvalue weighted by Crippen LogP contribution is 2.44. The minimum absolute atomic E-state index is 0.0272. The number of hydrogen-bond acceptors (Lipinski definition) is 2. The molecule has 19 heavy (non-hydrogen) atoms. The van der Waals surface area contributed by atoms with Crippen LogP contribution >= 0.6 is 11.6 Å². The Morgan fingerprint density at radius 3 is 2.63 bits per heavy atom. The molecule has 2 aliphatic rings. The van der Waals surface area contributed by atoms with Crippen molar-refractivity contribution in [1.82, 2.24) is 4.72 Å². The van der Waals surface area contributed by atoms with Crippen LogP contribution in [0.4, 0.5) is 0 Å². The number of nitrogens with one attached hydrogen (secondary N) is 1. The third kappa shape index (κ3) is 2.96. The van der Waals surface area contributed by atoms with Crippen LogP contribution in [-0.4, -0.2) is 14.5 Å². The van der Waals surface area contributed by atoms with E-state index < -0.39 is 10.0 Å². The molecule has 0 radical (unpaired) electrons. The molecule has 2 fully saturated rings. The van der Waals surface area contributed by atoms with Crippen molar-refractivity contribution in [3.05, 3.63) is 34.9 Å². The van der Waals surface area contributed by atoms with Gasteiger partial charge in [0.05, 0.1) is 5.75 Å². The number of halogens is 1. The fourth-order valence-electron chi connectivity index (χ4n) is 3.48. The molecule has 0 aliphatic heterocycles. The Hall–Kier alpha value is -0.580. The second-order valence-corrected chi connectivity index (χ2v) is 7.91. The zero-order valence-corrected chi connectivity index (χ0v) is 12.3. The van der Waals surface area contributed by atoms with Crippen molar-refractivity contribution < 1.29 is 8.42 Å². The predicted octanol–water partition coefficient (Wildman–Crippen LogP) is 2.95. The SMILES string of the molecule is O=S(=O)(Cc1ccccc1Cl)N[C@@H]1C[C@H]2CC[C@@H]1C2. The minimum Gasteiger partial charge on any atom is -0.212 e. The summed E-state index contributed by atoms with van der Waals surface area (Å²) in [5.41, 5.74) is 0.667. The van der Waals surface area contributed by atoms with Gasteiger partial charge in [0.15, 0.2) is 0 Å². The molecule has 0 saturated heterocycles. The molecule has 3 nitrogen and oxygen atoms in total. The average molecular weight is 300 g/mol. The Morgan fingerprint density at radius 2 is 2.00 bits per heavy atom. The van der Waals surface area contributed by atoms with Crippen LogP contribution in [0.5, 0.6) is 0 Å². The topological polar surface area (TPSA) is 46.2 Å². The maximum absolute atomic E-state index is 12.2. The quantitative estimate of drug-likeness (QED) is 0.929. The van der Waals surface area contributed by atoms with Gasteiger partial charge >= 0.3 is 0 Å². The lowest BCUT2D eigenvalue weighted by Crippen LogP contribution is -2.39. The van der Waals surface area contributed by atoms with Gasteiger partial charge in [0, 0.05) is 11.1 Å². The minimum atomic E-state index is -3.30. The first-order valence-electron chi connectivity index (χ1n) is 6.77. The highest BCUT2D eigenvalue weighted by Gasteiger charge is 2.41. The van der Waals surface area contributed by atoms with Crippen LogP contribution in [0.3, 0.4) is 0 Å². The molecule has 104 valence electrons. The first kappa shape index (κ1) is 13.4. The molecule has 1 N–H and O–H groups in total. The standard InChI is InChI=1S/C14H18ClNO2S/c15-13-4-2-1-3-12(13)9-19(17,18)16-14-8-10-5-6-11(14)7-10/h1-4,10-11,14,16H,5-9H2/t10-,11+,14+/m0/s1. The highest BCUT2D eigenvalue weighted by molar-refractivity contribution is 7.88. The molecule has 3 atom stereocenters. The largest absolute Gasteiger partial charge is 0.216 e. The molecule has 0 aromatic heterocycles.